The van der Waals surface area contributed by atoms with E-state index in [1.54, 1.807) is 0 Å². The second kappa shape index (κ2) is 12.0. The minimum Gasteiger partial charge on any atom is -0.376 e. The Morgan fingerprint density at radius 1 is 1.00 bits per heavy atom. The van der Waals surface area contributed by atoms with E-state index in [1.807, 2.05) is 42.5 Å². The predicted molar refractivity (Wildman–Crippen MR) is 137 cm³/mol. The van der Waals surface area contributed by atoms with Crippen molar-refractivity contribution in [3.8, 4) is 0 Å². The Morgan fingerprint density at radius 2 is 1.79 bits per heavy atom. The Labute approximate surface area is 203 Å². The molecule has 182 valence electrons. The number of hydrogen-bond donors (Lipinski definition) is 2. The van der Waals surface area contributed by atoms with Gasteiger partial charge in [0, 0.05) is 43.2 Å². The van der Waals surface area contributed by atoms with Gasteiger partial charge < -0.3 is 20.3 Å². The topological polar surface area (TPSA) is 70.7 Å². The number of rotatable bonds is 9. The summed E-state index contributed by atoms with van der Waals surface area (Å²) in [4.78, 5) is 28.3. The van der Waals surface area contributed by atoms with Crippen LogP contribution >= 0.6 is 0 Å². The van der Waals surface area contributed by atoms with Crippen molar-refractivity contribution in [1.82, 2.24) is 5.32 Å². The summed E-state index contributed by atoms with van der Waals surface area (Å²) < 4.78 is 5.66. The van der Waals surface area contributed by atoms with Crippen molar-refractivity contribution < 1.29 is 14.3 Å². The SMILES string of the molecule is CCCCc1ccc(C(=O)Nc2ccc(N3CCCCC3)c(C(=O)NCC3CCCO3)c2)cc1. The number of hydrogen-bond acceptors (Lipinski definition) is 4. The Balaban J connectivity index is 1.48. The molecule has 2 aliphatic rings. The molecule has 0 bridgehead atoms. The average molecular weight is 464 g/mol. The van der Waals surface area contributed by atoms with Crippen molar-refractivity contribution in [3.05, 3.63) is 59.2 Å². The van der Waals surface area contributed by atoms with E-state index >= 15 is 0 Å². The predicted octanol–water partition coefficient (Wildman–Crippen LogP) is 5.18. The molecule has 1 atom stereocenters. The molecule has 2 saturated heterocycles. The number of carbonyl (C=O) groups excluding carboxylic acids is 2. The average Bonchev–Trinajstić information content (AvgIpc) is 3.40. The monoisotopic (exact) mass is 463 g/mol. The van der Waals surface area contributed by atoms with E-state index in [-0.39, 0.29) is 17.9 Å². The minimum absolute atomic E-state index is 0.0885. The Hall–Kier alpha value is -2.86. The van der Waals surface area contributed by atoms with Crippen LogP contribution in [0.3, 0.4) is 0 Å². The molecule has 4 rings (SSSR count). The lowest BCUT2D eigenvalue weighted by Gasteiger charge is -2.30. The van der Waals surface area contributed by atoms with Gasteiger partial charge in [0.1, 0.15) is 0 Å². The summed E-state index contributed by atoms with van der Waals surface area (Å²) in [6.45, 7) is 5.35. The molecule has 2 aromatic carbocycles. The number of unbranched alkanes of at least 4 members (excludes halogenated alkanes) is 1. The van der Waals surface area contributed by atoms with Gasteiger partial charge in [-0.3, -0.25) is 9.59 Å². The molecule has 0 aliphatic carbocycles. The second-order valence-electron chi connectivity index (χ2n) is 9.38. The number of aryl methyl sites for hydroxylation is 1. The van der Waals surface area contributed by atoms with Crippen LogP contribution in [0.1, 0.15) is 78.1 Å². The van der Waals surface area contributed by atoms with Gasteiger partial charge in [0.15, 0.2) is 0 Å². The molecule has 0 saturated carbocycles. The standard InChI is InChI=1S/C28H37N3O3/c1-2-3-8-21-10-12-22(13-11-21)27(32)30-23-14-15-26(31-16-5-4-6-17-31)25(19-23)28(33)29-20-24-9-7-18-34-24/h10-15,19,24H,2-9,16-18,20H2,1H3,(H,29,33)(H,30,32). The first-order valence-electron chi connectivity index (χ1n) is 12.8. The molecule has 0 spiro atoms. The number of anilines is 2. The maximum atomic E-state index is 13.2. The van der Waals surface area contributed by atoms with Crippen molar-refractivity contribution in [2.24, 2.45) is 0 Å². The number of carbonyl (C=O) groups is 2. The van der Waals surface area contributed by atoms with Crippen molar-refractivity contribution >= 4 is 23.2 Å². The molecule has 1 unspecified atom stereocenters. The van der Waals surface area contributed by atoms with Crippen LogP contribution in [0.2, 0.25) is 0 Å². The third kappa shape index (κ3) is 6.38. The first kappa shape index (κ1) is 24.3. The van der Waals surface area contributed by atoms with Crippen LogP contribution < -0.4 is 15.5 Å². The lowest BCUT2D eigenvalue weighted by atomic mass is 10.0. The quantitative estimate of drug-likeness (QED) is 0.538. The van der Waals surface area contributed by atoms with Crippen LogP contribution in [0.5, 0.6) is 0 Å². The Kier molecular flexibility index (Phi) is 8.58. The van der Waals surface area contributed by atoms with Crippen LogP contribution in [0.4, 0.5) is 11.4 Å². The highest BCUT2D eigenvalue weighted by atomic mass is 16.5. The summed E-state index contributed by atoms with van der Waals surface area (Å²) in [5.41, 5.74) is 4.03. The van der Waals surface area contributed by atoms with E-state index in [0.29, 0.717) is 23.4 Å². The first-order chi connectivity index (χ1) is 16.6. The zero-order valence-electron chi connectivity index (χ0n) is 20.3. The summed E-state index contributed by atoms with van der Waals surface area (Å²) in [5.74, 6) is -0.286. The third-order valence-corrected chi connectivity index (χ3v) is 6.75. The van der Waals surface area contributed by atoms with Crippen LogP contribution in [0, 0.1) is 0 Å². The molecular weight excluding hydrogens is 426 g/mol. The molecule has 0 aromatic heterocycles. The maximum Gasteiger partial charge on any atom is 0.255 e. The normalized spacial score (nSPS) is 18.0. The van der Waals surface area contributed by atoms with Gasteiger partial charge in [0.25, 0.3) is 11.8 Å². The van der Waals surface area contributed by atoms with Gasteiger partial charge in [-0.15, -0.1) is 0 Å². The highest BCUT2D eigenvalue weighted by molar-refractivity contribution is 6.06. The molecule has 2 N–H and O–H groups in total. The number of amides is 2. The fourth-order valence-electron chi connectivity index (χ4n) is 4.72. The molecule has 2 heterocycles. The van der Waals surface area contributed by atoms with Crippen LogP contribution in [0.15, 0.2) is 42.5 Å². The highest BCUT2D eigenvalue weighted by Gasteiger charge is 2.22. The molecule has 2 amide bonds. The van der Waals surface area contributed by atoms with E-state index in [4.69, 9.17) is 4.74 Å². The lowest BCUT2D eigenvalue weighted by Crippen LogP contribution is -2.35. The summed E-state index contributed by atoms with van der Waals surface area (Å²) >= 11 is 0. The van der Waals surface area contributed by atoms with E-state index in [9.17, 15) is 9.59 Å². The second-order valence-corrected chi connectivity index (χ2v) is 9.38. The van der Waals surface area contributed by atoms with Crippen molar-refractivity contribution in [3.63, 3.8) is 0 Å². The van der Waals surface area contributed by atoms with E-state index in [0.717, 1.165) is 70.3 Å². The molecule has 2 aliphatic heterocycles. The van der Waals surface area contributed by atoms with Gasteiger partial charge in [0.05, 0.1) is 11.7 Å². The van der Waals surface area contributed by atoms with Gasteiger partial charge in [-0.1, -0.05) is 25.5 Å². The van der Waals surface area contributed by atoms with Crippen molar-refractivity contribution in [1.29, 1.82) is 0 Å². The Bertz CT molecular complexity index is 961. The number of benzene rings is 2. The summed E-state index contributed by atoms with van der Waals surface area (Å²) in [7, 11) is 0. The van der Waals surface area contributed by atoms with Gasteiger partial charge in [-0.25, -0.2) is 0 Å². The van der Waals surface area contributed by atoms with Gasteiger partial charge in [0.2, 0.25) is 0 Å². The van der Waals surface area contributed by atoms with Crippen LogP contribution in [-0.4, -0.2) is 44.2 Å². The molecular formula is C28H37N3O3. The van der Waals surface area contributed by atoms with Gasteiger partial charge >= 0.3 is 0 Å². The molecule has 2 fully saturated rings. The van der Waals surface area contributed by atoms with Crippen LogP contribution in [-0.2, 0) is 11.2 Å². The molecule has 6 heteroatoms. The largest absolute Gasteiger partial charge is 0.376 e. The van der Waals surface area contributed by atoms with Crippen molar-refractivity contribution in [2.75, 3.05) is 36.5 Å². The number of nitrogens with zero attached hydrogens (tertiary/aromatic N) is 1. The molecule has 6 nitrogen and oxygen atoms in total. The molecule has 34 heavy (non-hydrogen) atoms. The number of nitrogens with one attached hydrogen (secondary N) is 2. The summed E-state index contributed by atoms with van der Waals surface area (Å²) in [6, 6.07) is 13.5. The fraction of sp³-hybridized carbons (Fsp3) is 0.500. The minimum atomic E-state index is -0.168. The zero-order valence-corrected chi connectivity index (χ0v) is 20.3. The summed E-state index contributed by atoms with van der Waals surface area (Å²) in [5, 5.41) is 6.03. The van der Waals surface area contributed by atoms with E-state index in [1.165, 1.54) is 12.0 Å². The van der Waals surface area contributed by atoms with Gasteiger partial charge in [-0.2, -0.15) is 0 Å². The fourth-order valence-corrected chi connectivity index (χ4v) is 4.72. The van der Waals surface area contributed by atoms with Crippen molar-refractivity contribution in [2.45, 2.75) is 64.4 Å². The molecule has 0 radical (unpaired) electrons. The van der Waals surface area contributed by atoms with E-state index < -0.39 is 0 Å². The van der Waals surface area contributed by atoms with Gasteiger partial charge in [-0.05, 0) is 80.8 Å². The Morgan fingerprint density at radius 3 is 2.50 bits per heavy atom. The maximum absolute atomic E-state index is 13.2. The highest BCUT2D eigenvalue weighted by Crippen LogP contribution is 2.28. The molecule has 2 aromatic rings. The third-order valence-electron chi connectivity index (χ3n) is 6.75. The van der Waals surface area contributed by atoms with E-state index in [2.05, 4.69) is 22.5 Å². The number of piperidine rings is 1. The van der Waals surface area contributed by atoms with Crippen LogP contribution in [0.25, 0.3) is 0 Å². The lowest BCUT2D eigenvalue weighted by molar-refractivity contribution is 0.0858. The number of ether oxygens (including phenoxy) is 1. The first-order valence-corrected chi connectivity index (χ1v) is 12.8. The summed E-state index contributed by atoms with van der Waals surface area (Å²) in [6.07, 6.45) is 8.92. The zero-order chi connectivity index (χ0) is 23.8. The smallest absolute Gasteiger partial charge is 0.255 e.